The maximum atomic E-state index is 12.7. The van der Waals surface area contributed by atoms with Crippen LogP contribution in [0.25, 0.3) is 0 Å². The van der Waals surface area contributed by atoms with Gasteiger partial charge in [-0.25, -0.2) is 4.57 Å². The van der Waals surface area contributed by atoms with Gasteiger partial charge in [0.2, 0.25) is 5.91 Å². The Morgan fingerprint density at radius 2 is 1.16 bits per heavy atom. The largest absolute Gasteiger partial charge is 0.472 e. The zero-order chi connectivity index (χ0) is 37.5. The molecule has 9 heteroatoms. The summed E-state index contributed by atoms with van der Waals surface area (Å²) in [5.41, 5.74) is 5.36. The Bertz CT molecular complexity index is 980. The molecule has 8 nitrogen and oxygen atoms in total. The average Bonchev–Trinajstić information content (AvgIpc) is 3.12. The number of allylic oxidation sites excluding steroid dienone is 9. The normalized spacial score (nSPS) is 14.8. The predicted molar refractivity (Wildman–Crippen MR) is 217 cm³/mol. The van der Waals surface area contributed by atoms with Gasteiger partial charge in [0.1, 0.15) is 0 Å². The molecule has 5 N–H and O–H groups in total. The van der Waals surface area contributed by atoms with Crippen LogP contribution in [0.3, 0.4) is 0 Å². The fourth-order valence-corrected chi connectivity index (χ4v) is 6.27. The molecule has 0 rings (SSSR count). The molecule has 0 spiro atoms. The molecule has 0 heterocycles. The number of phosphoric acid groups is 1. The number of unbranched alkanes of at least 4 members (excludes halogenated alkanes) is 17. The first-order valence-corrected chi connectivity index (χ1v) is 21.9. The fourth-order valence-electron chi connectivity index (χ4n) is 5.51. The van der Waals surface area contributed by atoms with Crippen molar-refractivity contribution >= 4 is 13.7 Å². The van der Waals surface area contributed by atoms with Crippen molar-refractivity contribution in [2.24, 2.45) is 5.73 Å². The minimum Gasteiger partial charge on any atom is -0.387 e. The number of hydrogen-bond acceptors (Lipinski definition) is 6. The van der Waals surface area contributed by atoms with Gasteiger partial charge in [0, 0.05) is 13.0 Å². The van der Waals surface area contributed by atoms with E-state index in [-0.39, 0.29) is 25.7 Å². The number of phosphoric ester groups is 1. The Morgan fingerprint density at radius 3 is 1.75 bits per heavy atom. The first kappa shape index (κ1) is 49.2. The summed E-state index contributed by atoms with van der Waals surface area (Å²) in [5, 5.41) is 13.6. The van der Waals surface area contributed by atoms with Crippen molar-refractivity contribution in [1.82, 2.24) is 5.32 Å². The molecule has 0 aromatic carbocycles. The second-order valence-electron chi connectivity index (χ2n) is 13.5. The van der Waals surface area contributed by atoms with E-state index in [0.29, 0.717) is 6.42 Å². The maximum absolute atomic E-state index is 12.7. The van der Waals surface area contributed by atoms with Crippen molar-refractivity contribution in [3.63, 3.8) is 0 Å². The van der Waals surface area contributed by atoms with E-state index in [1.165, 1.54) is 77.0 Å². The van der Waals surface area contributed by atoms with E-state index in [2.05, 4.69) is 67.8 Å². The summed E-state index contributed by atoms with van der Waals surface area (Å²) in [4.78, 5) is 22.6. The van der Waals surface area contributed by atoms with Gasteiger partial charge in [0.25, 0.3) is 0 Å². The summed E-state index contributed by atoms with van der Waals surface area (Å²) in [6.45, 7) is 3.97. The van der Waals surface area contributed by atoms with E-state index in [1.54, 1.807) is 6.08 Å². The Morgan fingerprint density at radius 1 is 0.667 bits per heavy atom. The van der Waals surface area contributed by atoms with Crippen LogP contribution in [0, 0.1) is 0 Å². The molecule has 51 heavy (non-hydrogen) atoms. The van der Waals surface area contributed by atoms with Crippen LogP contribution >= 0.6 is 7.82 Å². The van der Waals surface area contributed by atoms with Gasteiger partial charge in [-0.15, -0.1) is 0 Å². The molecular formula is C42H77N2O6P. The molecule has 0 aromatic rings. The van der Waals surface area contributed by atoms with Crippen LogP contribution in [0.1, 0.15) is 168 Å². The number of nitrogens with two attached hydrogens (primary N) is 1. The summed E-state index contributed by atoms with van der Waals surface area (Å²) < 4.78 is 22.1. The molecule has 1 amide bonds. The highest BCUT2D eigenvalue weighted by atomic mass is 31.2. The minimum absolute atomic E-state index is 0.0697. The van der Waals surface area contributed by atoms with Gasteiger partial charge >= 0.3 is 7.82 Å². The van der Waals surface area contributed by atoms with Crippen LogP contribution in [0.4, 0.5) is 0 Å². The molecule has 3 unspecified atom stereocenters. The SMILES string of the molecule is CC/C=C\C/C=C\C/C=C\CCCCCCCCCC(=O)NC(COP(=O)(O)OCCN)C(O)/C=C/CC/C=C/CCCCCCCCCCC. The van der Waals surface area contributed by atoms with Gasteiger partial charge in [-0.3, -0.25) is 13.8 Å². The van der Waals surface area contributed by atoms with Crippen molar-refractivity contribution in [1.29, 1.82) is 0 Å². The molecule has 0 aromatic heterocycles. The quantitative estimate of drug-likeness (QED) is 0.0284. The second-order valence-corrected chi connectivity index (χ2v) is 14.9. The summed E-state index contributed by atoms with van der Waals surface area (Å²) in [7, 11) is -4.35. The van der Waals surface area contributed by atoms with Crippen molar-refractivity contribution in [3.8, 4) is 0 Å². The molecule has 0 aliphatic rings. The summed E-state index contributed by atoms with van der Waals surface area (Å²) in [6.07, 6.45) is 46.9. The zero-order valence-electron chi connectivity index (χ0n) is 32.6. The number of nitrogens with one attached hydrogen (secondary N) is 1. The highest BCUT2D eigenvalue weighted by Crippen LogP contribution is 2.43. The third-order valence-corrected chi connectivity index (χ3v) is 9.56. The number of hydrogen-bond donors (Lipinski definition) is 4. The number of aliphatic hydroxyl groups is 1. The van der Waals surface area contributed by atoms with Crippen molar-refractivity contribution in [2.75, 3.05) is 19.8 Å². The van der Waals surface area contributed by atoms with E-state index in [0.717, 1.165) is 70.6 Å². The summed E-state index contributed by atoms with van der Waals surface area (Å²) in [5.74, 6) is -0.217. The Labute approximate surface area is 313 Å². The topological polar surface area (TPSA) is 131 Å². The maximum Gasteiger partial charge on any atom is 0.472 e. The third-order valence-electron chi connectivity index (χ3n) is 8.58. The highest BCUT2D eigenvalue weighted by Gasteiger charge is 2.26. The summed E-state index contributed by atoms with van der Waals surface area (Å²) >= 11 is 0. The van der Waals surface area contributed by atoms with Gasteiger partial charge < -0.3 is 21.1 Å². The lowest BCUT2D eigenvalue weighted by Crippen LogP contribution is -2.45. The molecule has 0 bridgehead atoms. The molecule has 0 aliphatic heterocycles. The van der Waals surface area contributed by atoms with Crippen molar-refractivity contribution in [3.05, 3.63) is 60.8 Å². The smallest absolute Gasteiger partial charge is 0.387 e. The lowest BCUT2D eigenvalue weighted by Gasteiger charge is -2.23. The van der Waals surface area contributed by atoms with E-state index >= 15 is 0 Å². The van der Waals surface area contributed by atoms with Gasteiger partial charge in [0.05, 0.1) is 25.4 Å². The lowest BCUT2D eigenvalue weighted by atomic mass is 10.1. The first-order valence-electron chi connectivity index (χ1n) is 20.4. The monoisotopic (exact) mass is 737 g/mol. The summed E-state index contributed by atoms with van der Waals surface area (Å²) in [6, 6.07) is -0.883. The molecule has 0 aliphatic carbocycles. The van der Waals surface area contributed by atoms with Crippen LogP contribution in [0.15, 0.2) is 60.8 Å². The van der Waals surface area contributed by atoms with Gasteiger partial charge in [0.15, 0.2) is 0 Å². The second kappa shape index (κ2) is 37.9. The van der Waals surface area contributed by atoms with E-state index < -0.39 is 20.0 Å². The standard InChI is InChI=1S/C42H77N2O6P/c1-3-5-7-9-11-13-15-17-19-20-22-24-26-28-30-32-34-36-42(46)44-40(39-50-51(47,48)49-38-37-43)41(45)35-33-31-29-27-25-23-21-18-16-14-12-10-8-6-4-2/h5,7,11,13,17,19,25,27,33,35,40-41,45H,3-4,6,8-10,12,14-16,18,20-24,26,28-32,34,36-39,43H2,1-2H3,(H,44,46)(H,47,48)/b7-5-,13-11-,19-17-,27-25+,35-33+. The molecular weight excluding hydrogens is 659 g/mol. The molecule has 0 saturated heterocycles. The Kier molecular flexibility index (Phi) is 36.6. The predicted octanol–water partition coefficient (Wildman–Crippen LogP) is 11.1. The van der Waals surface area contributed by atoms with Gasteiger partial charge in [-0.2, -0.15) is 0 Å². The number of aliphatic hydroxyl groups excluding tert-OH is 1. The lowest BCUT2D eigenvalue weighted by molar-refractivity contribution is -0.123. The van der Waals surface area contributed by atoms with Gasteiger partial charge in [-0.05, 0) is 64.2 Å². The number of amides is 1. The number of carbonyl (C=O) groups is 1. The zero-order valence-corrected chi connectivity index (χ0v) is 33.5. The third kappa shape index (κ3) is 36.4. The van der Waals surface area contributed by atoms with Crippen LogP contribution in [-0.2, 0) is 18.4 Å². The van der Waals surface area contributed by atoms with Crippen molar-refractivity contribution in [2.45, 2.75) is 180 Å². The van der Waals surface area contributed by atoms with Crippen molar-refractivity contribution < 1.29 is 28.4 Å². The van der Waals surface area contributed by atoms with E-state index in [4.69, 9.17) is 14.8 Å². The first-order chi connectivity index (χ1) is 24.9. The minimum atomic E-state index is -4.35. The van der Waals surface area contributed by atoms with Crippen LogP contribution in [0.2, 0.25) is 0 Å². The van der Waals surface area contributed by atoms with Crippen LogP contribution in [0.5, 0.6) is 0 Å². The molecule has 3 atom stereocenters. The molecule has 0 radical (unpaired) electrons. The fraction of sp³-hybridized carbons (Fsp3) is 0.738. The molecule has 0 fully saturated rings. The number of carbonyl (C=O) groups excluding carboxylic acids is 1. The van der Waals surface area contributed by atoms with Crippen LogP contribution in [-0.4, -0.2) is 47.8 Å². The van der Waals surface area contributed by atoms with E-state index in [1.807, 2.05) is 6.08 Å². The van der Waals surface area contributed by atoms with E-state index in [9.17, 15) is 19.4 Å². The van der Waals surface area contributed by atoms with Gasteiger partial charge in [-0.1, -0.05) is 158 Å². The highest BCUT2D eigenvalue weighted by molar-refractivity contribution is 7.47. The van der Waals surface area contributed by atoms with Crippen LogP contribution < -0.4 is 11.1 Å². The molecule has 296 valence electrons. The Hall–Kier alpha value is -1.80. The average molecular weight is 737 g/mol. The molecule has 0 saturated carbocycles. The number of rotatable bonds is 37. The Balaban J connectivity index is 4.33.